The van der Waals surface area contributed by atoms with Gasteiger partial charge in [-0.15, -0.1) is 0 Å². The Morgan fingerprint density at radius 1 is 1.06 bits per heavy atom. The molecule has 31 heavy (non-hydrogen) atoms. The number of halogens is 2. The zero-order valence-electron chi connectivity index (χ0n) is 18.1. The number of quaternary nitrogens is 1. The number of carbonyl (C=O) groups is 2. The van der Waals surface area contributed by atoms with E-state index < -0.39 is 18.1 Å². The summed E-state index contributed by atoms with van der Waals surface area (Å²) in [6, 6.07) is 12.7. The maximum Gasteiger partial charge on any atom is 0.282 e. The van der Waals surface area contributed by atoms with Crippen molar-refractivity contribution in [3.63, 3.8) is 0 Å². The van der Waals surface area contributed by atoms with Gasteiger partial charge in [-0.1, -0.05) is 36.4 Å². The van der Waals surface area contributed by atoms with Crippen molar-refractivity contribution in [3.8, 4) is 11.1 Å². The van der Waals surface area contributed by atoms with Crippen molar-refractivity contribution < 1.29 is 24.1 Å². The first kappa shape index (κ1) is 22.9. The largest absolute Gasteiger partial charge is 0.346 e. The summed E-state index contributed by atoms with van der Waals surface area (Å²) in [6.07, 6.45) is -0.706. The monoisotopic (exact) mass is 430 g/mol. The summed E-state index contributed by atoms with van der Waals surface area (Å²) in [5.41, 5.74) is 6.46. The fourth-order valence-corrected chi connectivity index (χ4v) is 4.10. The second kappa shape index (κ2) is 10.0. The summed E-state index contributed by atoms with van der Waals surface area (Å²) in [6.45, 7) is 5.24. The highest BCUT2D eigenvalue weighted by molar-refractivity contribution is 5.93. The molecule has 1 heterocycles. The molecule has 0 bridgehead atoms. The molecule has 166 valence electrons. The zero-order valence-corrected chi connectivity index (χ0v) is 18.1. The molecule has 3 N–H and O–H groups in total. The van der Waals surface area contributed by atoms with E-state index in [2.05, 4.69) is 5.73 Å². The molecule has 0 spiro atoms. The Hall–Kier alpha value is -2.80. The maximum atomic E-state index is 13.6. The van der Waals surface area contributed by atoms with Gasteiger partial charge < -0.3 is 15.5 Å². The van der Waals surface area contributed by atoms with E-state index in [0.29, 0.717) is 31.6 Å². The number of rotatable bonds is 7. The van der Waals surface area contributed by atoms with E-state index in [1.54, 1.807) is 17.0 Å². The van der Waals surface area contributed by atoms with Crippen LogP contribution in [0, 0.1) is 5.82 Å². The molecule has 7 heteroatoms. The molecule has 2 aromatic carbocycles. The first-order chi connectivity index (χ1) is 14.8. The Bertz CT molecular complexity index is 898. The van der Waals surface area contributed by atoms with Crippen molar-refractivity contribution >= 4 is 11.8 Å². The molecule has 1 fully saturated rings. The lowest BCUT2D eigenvalue weighted by Gasteiger charge is -2.29. The van der Waals surface area contributed by atoms with Gasteiger partial charge in [-0.2, -0.15) is 0 Å². The maximum absolute atomic E-state index is 13.6. The predicted octanol–water partition coefficient (Wildman–Crippen LogP) is 2.63. The van der Waals surface area contributed by atoms with E-state index in [4.69, 9.17) is 0 Å². The molecular formula is C24H30F2N3O2+. The van der Waals surface area contributed by atoms with Crippen LogP contribution in [0.1, 0.15) is 31.7 Å². The smallest absolute Gasteiger partial charge is 0.282 e. The van der Waals surface area contributed by atoms with Crippen LogP contribution in [-0.4, -0.2) is 60.0 Å². The number of alkyl halides is 1. The molecule has 1 aliphatic heterocycles. The summed E-state index contributed by atoms with van der Waals surface area (Å²) in [7, 11) is 0. The average molecular weight is 431 g/mol. The molecule has 2 aromatic rings. The van der Waals surface area contributed by atoms with Gasteiger partial charge in [-0.25, -0.2) is 8.78 Å². The lowest BCUT2D eigenvalue weighted by Crippen LogP contribution is -2.71. The number of likely N-dealkylation sites (N-methyl/N-ethyl adjacent to an activating group) is 1. The molecule has 3 rings (SSSR count). The van der Waals surface area contributed by atoms with Crippen LogP contribution in [0.4, 0.5) is 8.78 Å². The van der Waals surface area contributed by atoms with E-state index in [1.165, 1.54) is 17.0 Å². The van der Waals surface area contributed by atoms with Crippen molar-refractivity contribution in [2.24, 2.45) is 0 Å². The number of hydrogen-bond acceptors (Lipinski definition) is 2. The number of benzene rings is 2. The molecule has 0 aromatic heterocycles. The fraction of sp³-hybridized carbons (Fsp3) is 0.417. The molecule has 3 atom stereocenters. The minimum Gasteiger partial charge on any atom is -0.346 e. The van der Waals surface area contributed by atoms with Crippen molar-refractivity contribution in [2.45, 2.75) is 38.4 Å². The van der Waals surface area contributed by atoms with Crippen molar-refractivity contribution in [1.82, 2.24) is 9.80 Å². The molecule has 1 aliphatic rings. The van der Waals surface area contributed by atoms with Gasteiger partial charge in [0.2, 0.25) is 5.91 Å². The number of amides is 2. The summed E-state index contributed by atoms with van der Waals surface area (Å²) in [5, 5.41) is 0. The highest BCUT2D eigenvalue weighted by atomic mass is 19.1. The molecule has 0 saturated carbocycles. The molecule has 0 radical (unpaired) electrons. The van der Waals surface area contributed by atoms with E-state index in [-0.39, 0.29) is 24.2 Å². The van der Waals surface area contributed by atoms with Gasteiger partial charge in [0.15, 0.2) is 6.04 Å². The van der Waals surface area contributed by atoms with Gasteiger partial charge in [0, 0.05) is 19.6 Å². The van der Waals surface area contributed by atoms with Crippen molar-refractivity contribution in [3.05, 3.63) is 59.9 Å². The summed E-state index contributed by atoms with van der Waals surface area (Å²) < 4.78 is 26.8. The first-order valence-electron chi connectivity index (χ1n) is 10.8. The fourth-order valence-electron chi connectivity index (χ4n) is 4.10. The predicted molar refractivity (Wildman–Crippen MR) is 115 cm³/mol. The average Bonchev–Trinajstić information content (AvgIpc) is 3.21. The summed E-state index contributed by atoms with van der Waals surface area (Å²) in [5.74, 6) is -1.52. The number of nitrogens with zero attached hydrogens (tertiary/aromatic N) is 2. The highest BCUT2D eigenvalue weighted by Crippen LogP contribution is 2.27. The molecule has 2 amide bonds. The van der Waals surface area contributed by atoms with Gasteiger partial charge in [0.05, 0.1) is 6.54 Å². The minimum atomic E-state index is -1.02. The SMILES string of the molecule is CCN(CC)C(=O)[C@@H](c1ccc(-c2ccc(F)cc2)cc1)[C@H]([NH3+])C(=O)N1CC[C@H](F)C1. The Labute approximate surface area is 181 Å². The van der Waals surface area contributed by atoms with Gasteiger partial charge in [-0.3, -0.25) is 9.59 Å². The van der Waals surface area contributed by atoms with Gasteiger partial charge >= 0.3 is 0 Å². The number of carbonyl (C=O) groups excluding carboxylic acids is 2. The molecular weight excluding hydrogens is 400 g/mol. The van der Waals surface area contributed by atoms with Crippen LogP contribution in [0.25, 0.3) is 11.1 Å². The van der Waals surface area contributed by atoms with Gasteiger partial charge in [-0.05, 0) is 49.1 Å². The van der Waals surface area contributed by atoms with Crippen LogP contribution < -0.4 is 5.73 Å². The zero-order chi connectivity index (χ0) is 22.5. The van der Waals surface area contributed by atoms with Gasteiger partial charge in [0.25, 0.3) is 5.91 Å². The van der Waals surface area contributed by atoms with E-state index in [1.807, 2.05) is 38.1 Å². The second-order valence-electron chi connectivity index (χ2n) is 7.89. The lowest BCUT2D eigenvalue weighted by atomic mass is 9.88. The standard InChI is InChI=1S/C24H29F2N3O2/c1-3-28(4-2)23(30)21(22(27)24(31)29-14-13-20(26)15-29)18-7-5-16(6-8-18)17-9-11-19(25)12-10-17/h5-12,20-22H,3-4,13-15,27H2,1-2H3/p+1/t20-,21-,22-/m0/s1. The lowest BCUT2D eigenvalue weighted by molar-refractivity contribution is -0.409. The topological polar surface area (TPSA) is 68.3 Å². The Balaban J connectivity index is 1.91. The Morgan fingerprint density at radius 2 is 1.61 bits per heavy atom. The van der Waals surface area contributed by atoms with Gasteiger partial charge in [0.1, 0.15) is 17.9 Å². The molecule has 1 saturated heterocycles. The van der Waals surface area contributed by atoms with Crippen molar-refractivity contribution in [1.29, 1.82) is 0 Å². The molecule has 0 unspecified atom stereocenters. The number of likely N-dealkylation sites (tertiary alicyclic amines) is 1. The Kier molecular flexibility index (Phi) is 7.38. The molecule has 0 aliphatic carbocycles. The van der Waals surface area contributed by atoms with Crippen LogP contribution in [-0.2, 0) is 9.59 Å². The van der Waals surface area contributed by atoms with Crippen LogP contribution in [0.15, 0.2) is 48.5 Å². The van der Waals surface area contributed by atoms with E-state index >= 15 is 0 Å². The summed E-state index contributed by atoms with van der Waals surface area (Å²) >= 11 is 0. The van der Waals surface area contributed by atoms with Crippen LogP contribution in [0.3, 0.4) is 0 Å². The van der Waals surface area contributed by atoms with E-state index in [0.717, 1.165) is 11.1 Å². The van der Waals surface area contributed by atoms with Crippen LogP contribution in [0.2, 0.25) is 0 Å². The van der Waals surface area contributed by atoms with Crippen LogP contribution >= 0.6 is 0 Å². The van der Waals surface area contributed by atoms with E-state index in [9.17, 15) is 18.4 Å². The van der Waals surface area contributed by atoms with Crippen molar-refractivity contribution in [2.75, 3.05) is 26.2 Å². The normalized spacial score (nSPS) is 18.0. The molecule has 5 nitrogen and oxygen atoms in total. The quantitative estimate of drug-likeness (QED) is 0.734. The second-order valence-corrected chi connectivity index (χ2v) is 7.89. The number of hydrogen-bond donors (Lipinski definition) is 1. The third-order valence-corrected chi connectivity index (χ3v) is 5.95. The van der Waals surface area contributed by atoms with Crippen LogP contribution in [0.5, 0.6) is 0 Å². The summed E-state index contributed by atoms with van der Waals surface area (Å²) in [4.78, 5) is 29.5. The Morgan fingerprint density at radius 3 is 2.10 bits per heavy atom. The first-order valence-corrected chi connectivity index (χ1v) is 10.8. The third kappa shape index (κ3) is 5.10. The minimum absolute atomic E-state index is 0.0561. The third-order valence-electron chi connectivity index (χ3n) is 5.95. The highest BCUT2D eigenvalue weighted by Gasteiger charge is 2.41.